The summed E-state index contributed by atoms with van der Waals surface area (Å²) < 4.78 is 5.13. The number of halogens is 1. The third-order valence-corrected chi connectivity index (χ3v) is 2.38. The van der Waals surface area contributed by atoms with Gasteiger partial charge in [-0.15, -0.1) is 12.4 Å². The van der Waals surface area contributed by atoms with Crippen molar-refractivity contribution in [1.29, 1.82) is 0 Å². The summed E-state index contributed by atoms with van der Waals surface area (Å²) in [6, 6.07) is 7.88. The normalized spacial score (nSPS) is 10.0. The van der Waals surface area contributed by atoms with Crippen LogP contribution in [0.1, 0.15) is 24.8 Å². The SMILES string of the molecule is CCCc1nc(-c2ccc(CN)cc2)no1.Cl. The maximum atomic E-state index is 5.53. The number of hydrogen-bond acceptors (Lipinski definition) is 4. The minimum Gasteiger partial charge on any atom is -0.339 e. The fourth-order valence-electron chi connectivity index (χ4n) is 1.48. The predicted octanol–water partition coefficient (Wildman–Crippen LogP) is 2.57. The van der Waals surface area contributed by atoms with Crippen molar-refractivity contribution in [2.75, 3.05) is 0 Å². The monoisotopic (exact) mass is 253 g/mol. The highest BCUT2D eigenvalue weighted by molar-refractivity contribution is 5.85. The van der Waals surface area contributed by atoms with Gasteiger partial charge in [-0.3, -0.25) is 0 Å². The summed E-state index contributed by atoms with van der Waals surface area (Å²) >= 11 is 0. The van der Waals surface area contributed by atoms with Crippen molar-refractivity contribution in [3.05, 3.63) is 35.7 Å². The Morgan fingerprint density at radius 2 is 1.94 bits per heavy atom. The Kier molecular flexibility index (Phi) is 5.12. The molecule has 2 rings (SSSR count). The van der Waals surface area contributed by atoms with Crippen molar-refractivity contribution >= 4 is 12.4 Å². The van der Waals surface area contributed by atoms with Gasteiger partial charge in [0.15, 0.2) is 0 Å². The minimum atomic E-state index is 0. The summed E-state index contributed by atoms with van der Waals surface area (Å²) in [5, 5.41) is 3.94. The first kappa shape index (κ1) is 13.7. The molecule has 0 aliphatic carbocycles. The zero-order chi connectivity index (χ0) is 11.4. The molecular weight excluding hydrogens is 238 g/mol. The molecule has 0 radical (unpaired) electrons. The summed E-state index contributed by atoms with van der Waals surface area (Å²) in [5.74, 6) is 1.34. The first-order chi connectivity index (χ1) is 7.83. The van der Waals surface area contributed by atoms with Crippen LogP contribution in [-0.4, -0.2) is 10.1 Å². The summed E-state index contributed by atoms with van der Waals surface area (Å²) in [6.45, 7) is 2.63. The van der Waals surface area contributed by atoms with Gasteiger partial charge in [0.1, 0.15) is 0 Å². The summed E-state index contributed by atoms with van der Waals surface area (Å²) in [7, 11) is 0. The van der Waals surface area contributed by atoms with Crippen molar-refractivity contribution < 1.29 is 4.52 Å². The van der Waals surface area contributed by atoms with Crippen LogP contribution in [0.15, 0.2) is 28.8 Å². The van der Waals surface area contributed by atoms with E-state index in [2.05, 4.69) is 17.1 Å². The average molecular weight is 254 g/mol. The van der Waals surface area contributed by atoms with Gasteiger partial charge in [0.25, 0.3) is 0 Å². The Morgan fingerprint density at radius 1 is 1.24 bits per heavy atom. The van der Waals surface area contributed by atoms with E-state index in [1.165, 1.54) is 0 Å². The Labute approximate surface area is 107 Å². The zero-order valence-corrected chi connectivity index (χ0v) is 10.5. The highest BCUT2D eigenvalue weighted by Gasteiger charge is 2.07. The van der Waals surface area contributed by atoms with E-state index in [1.54, 1.807) is 0 Å². The van der Waals surface area contributed by atoms with Crippen LogP contribution in [0.4, 0.5) is 0 Å². The van der Waals surface area contributed by atoms with Gasteiger partial charge < -0.3 is 10.3 Å². The summed E-state index contributed by atoms with van der Waals surface area (Å²) in [5.41, 5.74) is 7.59. The minimum absolute atomic E-state index is 0. The highest BCUT2D eigenvalue weighted by Crippen LogP contribution is 2.16. The average Bonchev–Trinajstić information content (AvgIpc) is 2.78. The van der Waals surface area contributed by atoms with Crippen molar-refractivity contribution in [3.8, 4) is 11.4 Å². The Hall–Kier alpha value is -1.39. The van der Waals surface area contributed by atoms with Crippen LogP contribution in [0.25, 0.3) is 11.4 Å². The molecule has 0 saturated heterocycles. The van der Waals surface area contributed by atoms with Gasteiger partial charge in [-0.05, 0) is 12.0 Å². The molecule has 4 nitrogen and oxygen atoms in total. The summed E-state index contributed by atoms with van der Waals surface area (Å²) in [4.78, 5) is 4.32. The topological polar surface area (TPSA) is 64.9 Å². The lowest BCUT2D eigenvalue weighted by Gasteiger charge is -1.97. The molecule has 17 heavy (non-hydrogen) atoms. The van der Waals surface area contributed by atoms with E-state index in [0.717, 1.165) is 24.0 Å². The van der Waals surface area contributed by atoms with Gasteiger partial charge in [-0.25, -0.2) is 0 Å². The lowest BCUT2D eigenvalue weighted by atomic mass is 10.1. The first-order valence-electron chi connectivity index (χ1n) is 5.45. The summed E-state index contributed by atoms with van der Waals surface area (Å²) in [6.07, 6.45) is 1.83. The second-order valence-corrected chi connectivity index (χ2v) is 3.66. The van der Waals surface area contributed by atoms with Gasteiger partial charge >= 0.3 is 0 Å². The first-order valence-corrected chi connectivity index (χ1v) is 5.45. The molecule has 2 aromatic rings. The fourth-order valence-corrected chi connectivity index (χ4v) is 1.48. The van der Waals surface area contributed by atoms with Crippen LogP contribution >= 0.6 is 12.4 Å². The van der Waals surface area contributed by atoms with E-state index < -0.39 is 0 Å². The molecule has 0 fully saturated rings. The molecule has 0 atom stereocenters. The van der Waals surface area contributed by atoms with E-state index in [-0.39, 0.29) is 12.4 Å². The lowest BCUT2D eigenvalue weighted by Crippen LogP contribution is -1.95. The predicted molar refractivity (Wildman–Crippen MR) is 68.9 cm³/mol. The number of aromatic nitrogens is 2. The van der Waals surface area contributed by atoms with Gasteiger partial charge in [-0.2, -0.15) is 4.98 Å². The standard InChI is InChI=1S/C12H15N3O.ClH/c1-2-3-11-14-12(15-16-11)10-6-4-9(8-13)5-7-10;/h4-7H,2-3,8,13H2,1H3;1H. The zero-order valence-electron chi connectivity index (χ0n) is 9.72. The number of rotatable bonds is 4. The largest absolute Gasteiger partial charge is 0.339 e. The van der Waals surface area contributed by atoms with E-state index >= 15 is 0 Å². The molecule has 1 aromatic heterocycles. The third-order valence-electron chi connectivity index (χ3n) is 2.38. The number of benzene rings is 1. The molecule has 0 bridgehead atoms. The van der Waals surface area contributed by atoms with Crippen LogP contribution in [0.2, 0.25) is 0 Å². The van der Waals surface area contributed by atoms with Crippen LogP contribution in [0.3, 0.4) is 0 Å². The molecule has 0 amide bonds. The van der Waals surface area contributed by atoms with Gasteiger partial charge in [-0.1, -0.05) is 36.3 Å². The number of nitrogens with zero attached hydrogens (tertiary/aromatic N) is 2. The maximum absolute atomic E-state index is 5.53. The van der Waals surface area contributed by atoms with Crippen molar-refractivity contribution in [2.45, 2.75) is 26.3 Å². The molecular formula is C12H16ClN3O. The molecule has 92 valence electrons. The Balaban J connectivity index is 0.00000144. The van der Waals surface area contributed by atoms with E-state index in [0.29, 0.717) is 18.3 Å². The Bertz CT molecular complexity index is 453. The molecule has 0 saturated carbocycles. The molecule has 1 aromatic carbocycles. The van der Waals surface area contributed by atoms with E-state index in [1.807, 2.05) is 24.3 Å². The molecule has 1 heterocycles. The van der Waals surface area contributed by atoms with Gasteiger partial charge in [0, 0.05) is 18.5 Å². The number of aryl methyl sites for hydroxylation is 1. The second kappa shape index (κ2) is 6.37. The van der Waals surface area contributed by atoms with Gasteiger partial charge in [0.05, 0.1) is 0 Å². The highest BCUT2D eigenvalue weighted by atomic mass is 35.5. The van der Waals surface area contributed by atoms with Crippen molar-refractivity contribution in [3.63, 3.8) is 0 Å². The van der Waals surface area contributed by atoms with Crippen molar-refractivity contribution in [1.82, 2.24) is 10.1 Å². The molecule has 0 spiro atoms. The van der Waals surface area contributed by atoms with Crippen LogP contribution in [0.5, 0.6) is 0 Å². The maximum Gasteiger partial charge on any atom is 0.226 e. The molecule has 5 heteroatoms. The third kappa shape index (κ3) is 3.28. The smallest absolute Gasteiger partial charge is 0.226 e. The van der Waals surface area contributed by atoms with Crippen LogP contribution < -0.4 is 5.73 Å². The Morgan fingerprint density at radius 3 is 2.53 bits per heavy atom. The van der Waals surface area contributed by atoms with E-state index in [4.69, 9.17) is 10.3 Å². The molecule has 0 aliphatic heterocycles. The molecule has 2 N–H and O–H groups in total. The fraction of sp³-hybridized carbons (Fsp3) is 0.333. The molecule has 0 aliphatic rings. The van der Waals surface area contributed by atoms with Crippen LogP contribution in [0, 0.1) is 0 Å². The second-order valence-electron chi connectivity index (χ2n) is 3.66. The lowest BCUT2D eigenvalue weighted by molar-refractivity contribution is 0.378. The van der Waals surface area contributed by atoms with Crippen molar-refractivity contribution in [2.24, 2.45) is 5.73 Å². The number of nitrogens with two attached hydrogens (primary N) is 1. The van der Waals surface area contributed by atoms with Crippen LogP contribution in [-0.2, 0) is 13.0 Å². The molecule has 0 unspecified atom stereocenters. The van der Waals surface area contributed by atoms with E-state index in [9.17, 15) is 0 Å². The quantitative estimate of drug-likeness (QED) is 0.910. The van der Waals surface area contributed by atoms with Gasteiger partial charge in [0.2, 0.25) is 11.7 Å². The number of hydrogen-bond donors (Lipinski definition) is 1.